The fourth-order valence-corrected chi connectivity index (χ4v) is 2.51. The van der Waals surface area contributed by atoms with E-state index in [0.717, 1.165) is 0 Å². The van der Waals surface area contributed by atoms with Gasteiger partial charge in [-0.1, -0.05) is 0 Å². The summed E-state index contributed by atoms with van der Waals surface area (Å²) in [6.07, 6.45) is 1.41. The summed E-state index contributed by atoms with van der Waals surface area (Å²) in [5.41, 5.74) is 0.636. The number of carbonyl (C=O) groups excluding carboxylic acids is 1. The maximum atomic E-state index is 11.8. The molecule has 0 radical (unpaired) electrons. The van der Waals surface area contributed by atoms with Crippen LogP contribution >= 0.6 is 0 Å². The van der Waals surface area contributed by atoms with Crippen LogP contribution < -0.4 is 14.2 Å². The minimum atomic E-state index is -0.468. The molecular weight excluding hydrogens is 300 g/mol. The molecule has 0 atom stereocenters. The number of hydrogen-bond acceptors (Lipinski definition) is 7. The van der Waals surface area contributed by atoms with Crippen molar-refractivity contribution >= 4 is 16.7 Å². The molecule has 1 heterocycles. The Labute approximate surface area is 133 Å². The minimum absolute atomic E-state index is 0.0864. The van der Waals surface area contributed by atoms with Crippen LogP contribution in [0.1, 0.15) is 11.3 Å². The Morgan fingerprint density at radius 2 is 1.78 bits per heavy atom. The third-order valence-corrected chi connectivity index (χ3v) is 3.45. The number of carbonyl (C=O) groups is 1. The first-order chi connectivity index (χ1) is 11.1. The van der Waals surface area contributed by atoms with E-state index in [1.165, 1.54) is 34.6 Å². The van der Waals surface area contributed by atoms with Crippen molar-refractivity contribution in [3.8, 4) is 23.3 Å². The predicted octanol–water partition coefficient (Wildman–Crippen LogP) is 1.85. The molecule has 1 aromatic heterocycles. The topological polar surface area (TPSA) is 90.7 Å². The van der Waals surface area contributed by atoms with E-state index in [-0.39, 0.29) is 12.1 Å². The van der Waals surface area contributed by atoms with Crippen molar-refractivity contribution in [3.63, 3.8) is 0 Å². The lowest BCUT2D eigenvalue weighted by molar-refractivity contribution is -0.139. The third kappa shape index (κ3) is 2.71. The van der Waals surface area contributed by atoms with Gasteiger partial charge in [-0.2, -0.15) is 5.26 Å². The van der Waals surface area contributed by atoms with Crippen molar-refractivity contribution < 1.29 is 23.7 Å². The molecule has 0 saturated carbocycles. The van der Waals surface area contributed by atoms with Crippen molar-refractivity contribution in [3.05, 3.63) is 23.5 Å². The summed E-state index contributed by atoms with van der Waals surface area (Å²) in [7, 11) is 5.71. The van der Waals surface area contributed by atoms with Gasteiger partial charge in [-0.05, 0) is 6.07 Å². The fourth-order valence-electron chi connectivity index (χ4n) is 2.51. The highest BCUT2D eigenvalue weighted by Crippen LogP contribution is 2.47. The number of aromatic nitrogens is 1. The van der Waals surface area contributed by atoms with E-state index < -0.39 is 5.97 Å². The Morgan fingerprint density at radius 1 is 1.13 bits per heavy atom. The number of nitriles is 1. The van der Waals surface area contributed by atoms with E-state index >= 15 is 0 Å². The first-order valence-electron chi connectivity index (χ1n) is 6.69. The summed E-state index contributed by atoms with van der Waals surface area (Å²) in [6.45, 7) is 0. The Bertz CT molecular complexity index is 795. The Kier molecular flexibility index (Phi) is 4.86. The molecule has 0 aliphatic heterocycles. The van der Waals surface area contributed by atoms with Crippen LogP contribution in [0.4, 0.5) is 0 Å². The third-order valence-electron chi connectivity index (χ3n) is 3.45. The molecule has 0 fully saturated rings. The van der Waals surface area contributed by atoms with E-state index in [0.29, 0.717) is 33.6 Å². The largest absolute Gasteiger partial charge is 0.492 e. The van der Waals surface area contributed by atoms with Crippen LogP contribution in [0.5, 0.6) is 17.2 Å². The lowest BCUT2D eigenvalue weighted by atomic mass is 9.98. The zero-order valence-corrected chi connectivity index (χ0v) is 13.3. The number of esters is 1. The zero-order valence-electron chi connectivity index (χ0n) is 13.3. The van der Waals surface area contributed by atoms with Gasteiger partial charge in [0.2, 0.25) is 5.75 Å². The maximum absolute atomic E-state index is 11.8. The fraction of sp³-hybridized carbons (Fsp3) is 0.312. The quantitative estimate of drug-likeness (QED) is 0.777. The number of pyridine rings is 1. The molecule has 0 N–H and O–H groups in total. The summed E-state index contributed by atoms with van der Waals surface area (Å²) in [5.74, 6) is 0.597. The number of rotatable bonds is 5. The average molecular weight is 316 g/mol. The number of ether oxygens (including phenoxy) is 4. The monoisotopic (exact) mass is 316 g/mol. The molecule has 0 spiro atoms. The van der Waals surface area contributed by atoms with Crippen LogP contribution in [0.25, 0.3) is 10.8 Å². The molecule has 23 heavy (non-hydrogen) atoms. The molecule has 7 nitrogen and oxygen atoms in total. The van der Waals surface area contributed by atoms with Crippen LogP contribution in [0.15, 0.2) is 12.3 Å². The summed E-state index contributed by atoms with van der Waals surface area (Å²) >= 11 is 0. The Balaban J connectivity index is 2.99. The van der Waals surface area contributed by atoms with Crippen molar-refractivity contribution in [2.24, 2.45) is 0 Å². The number of benzene rings is 1. The van der Waals surface area contributed by atoms with Crippen LogP contribution in [0, 0.1) is 11.3 Å². The molecule has 2 aromatic rings. The number of fused-ring (bicyclic) bond motifs is 1. The van der Waals surface area contributed by atoms with Crippen LogP contribution in [-0.2, 0) is 16.0 Å². The summed E-state index contributed by atoms with van der Waals surface area (Å²) in [6, 6.07) is 3.72. The molecule has 0 aliphatic rings. The maximum Gasteiger partial charge on any atom is 0.310 e. The molecule has 0 unspecified atom stereocenters. The van der Waals surface area contributed by atoms with E-state index in [9.17, 15) is 10.1 Å². The summed E-state index contributed by atoms with van der Waals surface area (Å²) in [5, 5.41) is 10.5. The lowest BCUT2D eigenvalue weighted by Gasteiger charge is -2.19. The zero-order chi connectivity index (χ0) is 17.0. The molecule has 0 saturated heterocycles. The predicted molar refractivity (Wildman–Crippen MR) is 81.8 cm³/mol. The van der Waals surface area contributed by atoms with Crippen molar-refractivity contribution in [1.82, 2.24) is 4.98 Å². The smallest absolute Gasteiger partial charge is 0.310 e. The minimum Gasteiger partial charge on any atom is -0.492 e. The van der Waals surface area contributed by atoms with E-state index in [2.05, 4.69) is 4.98 Å². The van der Waals surface area contributed by atoms with Gasteiger partial charge in [-0.3, -0.25) is 4.79 Å². The first-order valence-corrected chi connectivity index (χ1v) is 6.69. The number of hydrogen-bond donors (Lipinski definition) is 0. The van der Waals surface area contributed by atoms with E-state index in [4.69, 9.17) is 18.9 Å². The summed E-state index contributed by atoms with van der Waals surface area (Å²) < 4.78 is 21.0. The van der Waals surface area contributed by atoms with Gasteiger partial charge >= 0.3 is 5.97 Å². The van der Waals surface area contributed by atoms with Gasteiger partial charge in [-0.15, -0.1) is 0 Å². The van der Waals surface area contributed by atoms with Crippen molar-refractivity contribution in [2.45, 2.75) is 6.42 Å². The Hall–Kier alpha value is -3.01. The summed E-state index contributed by atoms with van der Waals surface area (Å²) in [4.78, 5) is 15.9. The van der Waals surface area contributed by atoms with Crippen LogP contribution in [0.3, 0.4) is 0 Å². The average Bonchev–Trinajstić information content (AvgIpc) is 2.59. The van der Waals surface area contributed by atoms with E-state index in [1.54, 1.807) is 6.07 Å². The highest BCUT2D eigenvalue weighted by atomic mass is 16.5. The second-order valence-corrected chi connectivity index (χ2v) is 4.53. The van der Waals surface area contributed by atoms with Gasteiger partial charge < -0.3 is 18.9 Å². The standard InChI is InChI=1S/C16H16N2O5/c1-20-12(19)7-10-13-9(5-6-18-11(13)8-17)14(21-2)16(23-4)15(10)22-3/h5-6H,7H2,1-4H3. The van der Waals surface area contributed by atoms with Gasteiger partial charge in [0, 0.05) is 22.5 Å². The molecule has 7 heteroatoms. The van der Waals surface area contributed by atoms with Gasteiger partial charge in [0.05, 0.1) is 34.9 Å². The number of nitrogens with zero attached hydrogens (tertiary/aromatic N) is 2. The molecule has 2 rings (SSSR count). The highest BCUT2D eigenvalue weighted by Gasteiger charge is 2.25. The molecule has 0 aliphatic carbocycles. The van der Waals surface area contributed by atoms with E-state index in [1.807, 2.05) is 6.07 Å². The first kappa shape index (κ1) is 16.4. The second kappa shape index (κ2) is 6.83. The SMILES string of the molecule is COC(=O)Cc1c(OC)c(OC)c(OC)c2ccnc(C#N)c12. The Morgan fingerprint density at radius 3 is 2.30 bits per heavy atom. The van der Waals surface area contributed by atoms with Gasteiger partial charge in [0.1, 0.15) is 11.8 Å². The highest BCUT2D eigenvalue weighted by molar-refractivity contribution is 6.00. The molecule has 120 valence electrons. The molecule has 0 bridgehead atoms. The number of methoxy groups -OCH3 is 4. The van der Waals surface area contributed by atoms with Gasteiger partial charge in [-0.25, -0.2) is 4.98 Å². The van der Waals surface area contributed by atoms with Gasteiger partial charge in [0.15, 0.2) is 11.5 Å². The van der Waals surface area contributed by atoms with Crippen LogP contribution in [0.2, 0.25) is 0 Å². The van der Waals surface area contributed by atoms with Gasteiger partial charge in [0.25, 0.3) is 0 Å². The molecular formula is C16H16N2O5. The lowest BCUT2D eigenvalue weighted by Crippen LogP contribution is -2.09. The molecule has 0 amide bonds. The van der Waals surface area contributed by atoms with Crippen LogP contribution in [-0.4, -0.2) is 39.4 Å². The normalized spacial score (nSPS) is 10.0. The van der Waals surface area contributed by atoms with Crippen molar-refractivity contribution in [2.75, 3.05) is 28.4 Å². The van der Waals surface area contributed by atoms with Crippen molar-refractivity contribution in [1.29, 1.82) is 5.26 Å². The second-order valence-electron chi connectivity index (χ2n) is 4.53. The molecule has 1 aromatic carbocycles.